The Labute approximate surface area is 101 Å². The van der Waals surface area contributed by atoms with Gasteiger partial charge >= 0.3 is 0 Å². The Morgan fingerprint density at radius 1 is 1.53 bits per heavy atom. The standard InChI is InChI=1S/C13H17NO3/c1-2-17-12-5-3-4-11(10-12)6-7-13(16)14-8-9-15/h3-7,10,15H,2,8-9H2,1H3,(H,14,16)/b7-6+. The minimum Gasteiger partial charge on any atom is -0.494 e. The minimum atomic E-state index is -0.221. The van der Waals surface area contributed by atoms with E-state index < -0.39 is 0 Å². The van der Waals surface area contributed by atoms with Gasteiger partial charge in [-0.1, -0.05) is 12.1 Å². The van der Waals surface area contributed by atoms with Gasteiger partial charge in [-0.2, -0.15) is 0 Å². The maximum Gasteiger partial charge on any atom is 0.244 e. The molecule has 0 spiro atoms. The molecule has 0 bridgehead atoms. The van der Waals surface area contributed by atoms with E-state index in [1.54, 1.807) is 6.08 Å². The lowest BCUT2D eigenvalue weighted by atomic mass is 10.2. The zero-order chi connectivity index (χ0) is 12.5. The smallest absolute Gasteiger partial charge is 0.244 e. The quantitative estimate of drug-likeness (QED) is 0.729. The van der Waals surface area contributed by atoms with Crippen LogP contribution in [0.25, 0.3) is 6.08 Å². The maximum atomic E-state index is 11.2. The Bertz CT molecular complexity index is 388. The highest BCUT2D eigenvalue weighted by Gasteiger charge is 1.95. The third-order valence-corrected chi connectivity index (χ3v) is 2.01. The van der Waals surface area contributed by atoms with E-state index in [2.05, 4.69) is 5.32 Å². The molecule has 1 rings (SSSR count). The number of benzene rings is 1. The molecule has 2 N–H and O–H groups in total. The second kappa shape index (κ2) is 7.46. The van der Waals surface area contributed by atoms with Crippen molar-refractivity contribution in [1.29, 1.82) is 0 Å². The highest BCUT2D eigenvalue weighted by molar-refractivity contribution is 5.91. The Kier molecular flexibility index (Phi) is 5.82. The second-order valence-corrected chi connectivity index (χ2v) is 3.35. The van der Waals surface area contributed by atoms with Gasteiger partial charge in [-0.15, -0.1) is 0 Å². The molecule has 1 aromatic rings. The van der Waals surface area contributed by atoms with Crippen molar-refractivity contribution in [3.63, 3.8) is 0 Å². The summed E-state index contributed by atoms with van der Waals surface area (Å²) >= 11 is 0. The number of carbonyl (C=O) groups excluding carboxylic acids is 1. The van der Waals surface area contributed by atoms with E-state index in [4.69, 9.17) is 9.84 Å². The molecule has 92 valence electrons. The lowest BCUT2D eigenvalue weighted by molar-refractivity contribution is -0.116. The normalized spacial score (nSPS) is 10.5. The van der Waals surface area contributed by atoms with Crippen molar-refractivity contribution in [3.8, 4) is 5.75 Å². The second-order valence-electron chi connectivity index (χ2n) is 3.35. The zero-order valence-corrected chi connectivity index (χ0v) is 9.85. The summed E-state index contributed by atoms with van der Waals surface area (Å²) in [4.78, 5) is 11.2. The van der Waals surface area contributed by atoms with E-state index in [9.17, 15) is 4.79 Å². The highest BCUT2D eigenvalue weighted by Crippen LogP contribution is 2.14. The number of ether oxygens (including phenoxy) is 1. The molecule has 0 saturated heterocycles. The van der Waals surface area contributed by atoms with Crippen LogP contribution < -0.4 is 10.1 Å². The van der Waals surface area contributed by atoms with Crippen molar-refractivity contribution in [2.45, 2.75) is 6.92 Å². The van der Waals surface area contributed by atoms with Gasteiger partial charge in [-0.25, -0.2) is 0 Å². The average Bonchev–Trinajstić information content (AvgIpc) is 2.35. The molecule has 0 radical (unpaired) electrons. The van der Waals surface area contributed by atoms with Gasteiger partial charge in [0.25, 0.3) is 0 Å². The molecule has 4 heteroatoms. The highest BCUT2D eigenvalue weighted by atomic mass is 16.5. The fourth-order valence-electron chi connectivity index (χ4n) is 1.28. The molecule has 0 saturated carbocycles. The van der Waals surface area contributed by atoms with Crippen LogP contribution in [0.1, 0.15) is 12.5 Å². The molecule has 1 amide bonds. The van der Waals surface area contributed by atoms with Crippen LogP contribution in [-0.2, 0) is 4.79 Å². The van der Waals surface area contributed by atoms with E-state index >= 15 is 0 Å². The van der Waals surface area contributed by atoms with E-state index in [-0.39, 0.29) is 19.1 Å². The van der Waals surface area contributed by atoms with Crippen molar-refractivity contribution < 1.29 is 14.6 Å². The fraction of sp³-hybridized carbons (Fsp3) is 0.308. The molecule has 0 fully saturated rings. The molecule has 0 unspecified atom stereocenters. The number of aliphatic hydroxyl groups excluding tert-OH is 1. The van der Waals surface area contributed by atoms with Crippen LogP contribution in [0.5, 0.6) is 5.75 Å². The number of amides is 1. The topological polar surface area (TPSA) is 58.6 Å². The molecule has 0 aromatic heterocycles. The van der Waals surface area contributed by atoms with Crippen LogP contribution in [0.4, 0.5) is 0 Å². The van der Waals surface area contributed by atoms with E-state index in [1.807, 2.05) is 31.2 Å². The first-order chi connectivity index (χ1) is 8.26. The molecule has 0 aliphatic heterocycles. The number of aliphatic hydroxyl groups is 1. The molecule has 0 atom stereocenters. The van der Waals surface area contributed by atoms with Gasteiger partial charge in [0.1, 0.15) is 5.75 Å². The fourth-order valence-corrected chi connectivity index (χ4v) is 1.28. The number of carbonyl (C=O) groups is 1. The third-order valence-electron chi connectivity index (χ3n) is 2.01. The number of hydrogen-bond donors (Lipinski definition) is 2. The van der Waals surface area contributed by atoms with Crippen LogP contribution >= 0.6 is 0 Å². The lowest BCUT2D eigenvalue weighted by Crippen LogP contribution is -2.24. The molecule has 0 heterocycles. The van der Waals surface area contributed by atoms with Gasteiger partial charge in [0, 0.05) is 12.6 Å². The van der Waals surface area contributed by atoms with Crippen LogP contribution in [0.15, 0.2) is 30.3 Å². The molecule has 4 nitrogen and oxygen atoms in total. The summed E-state index contributed by atoms with van der Waals surface area (Å²) in [5.41, 5.74) is 0.898. The van der Waals surface area contributed by atoms with Gasteiger partial charge in [-0.05, 0) is 30.7 Å². The van der Waals surface area contributed by atoms with Crippen molar-refractivity contribution in [1.82, 2.24) is 5.32 Å². The van der Waals surface area contributed by atoms with Crippen LogP contribution in [-0.4, -0.2) is 30.8 Å². The summed E-state index contributed by atoms with van der Waals surface area (Å²) in [6.07, 6.45) is 3.13. The van der Waals surface area contributed by atoms with E-state index in [1.165, 1.54) is 6.08 Å². The number of nitrogens with one attached hydrogen (secondary N) is 1. The lowest BCUT2D eigenvalue weighted by Gasteiger charge is -2.03. The average molecular weight is 235 g/mol. The van der Waals surface area contributed by atoms with Crippen LogP contribution in [0.2, 0.25) is 0 Å². The predicted molar refractivity (Wildman–Crippen MR) is 66.7 cm³/mol. The van der Waals surface area contributed by atoms with Gasteiger partial charge < -0.3 is 15.2 Å². The van der Waals surface area contributed by atoms with Crippen molar-refractivity contribution >= 4 is 12.0 Å². The largest absolute Gasteiger partial charge is 0.494 e. The summed E-state index contributed by atoms with van der Waals surface area (Å²) in [7, 11) is 0. The monoisotopic (exact) mass is 235 g/mol. The first kappa shape index (κ1) is 13.3. The number of rotatable bonds is 6. The summed E-state index contributed by atoms with van der Waals surface area (Å²) in [6, 6.07) is 7.49. The van der Waals surface area contributed by atoms with Gasteiger partial charge in [0.05, 0.1) is 13.2 Å². The Balaban J connectivity index is 2.58. The van der Waals surface area contributed by atoms with Crippen LogP contribution in [0.3, 0.4) is 0 Å². The molecule has 17 heavy (non-hydrogen) atoms. The molecule has 0 aliphatic rings. The van der Waals surface area contributed by atoms with Crippen LogP contribution in [0, 0.1) is 0 Å². The number of hydrogen-bond acceptors (Lipinski definition) is 3. The Hall–Kier alpha value is -1.81. The first-order valence-electron chi connectivity index (χ1n) is 5.56. The summed E-state index contributed by atoms with van der Waals surface area (Å²) in [5, 5.41) is 11.1. The summed E-state index contributed by atoms with van der Waals surface area (Å²) < 4.78 is 5.35. The van der Waals surface area contributed by atoms with Gasteiger partial charge in [-0.3, -0.25) is 4.79 Å². The minimum absolute atomic E-state index is 0.0561. The maximum absolute atomic E-state index is 11.2. The predicted octanol–water partition coefficient (Wildman–Crippen LogP) is 1.21. The molecule has 0 aliphatic carbocycles. The van der Waals surface area contributed by atoms with Gasteiger partial charge in [0.2, 0.25) is 5.91 Å². The SMILES string of the molecule is CCOc1cccc(/C=C/C(=O)NCCO)c1. The third kappa shape index (κ3) is 5.17. The van der Waals surface area contributed by atoms with E-state index in [0.717, 1.165) is 11.3 Å². The van der Waals surface area contributed by atoms with Crippen molar-refractivity contribution in [3.05, 3.63) is 35.9 Å². The van der Waals surface area contributed by atoms with Crippen molar-refractivity contribution in [2.24, 2.45) is 0 Å². The molecular formula is C13H17NO3. The first-order valence-corrected chi connectivity index (χ1v) is 5.56. The molecule has 1 aromatic carbocycles. The van der Waals surface area contributed by atoms with Gasteiger partial charge in [0.15, 0.2) is 0 Å². The Morgan fingerprint density at radius 3 is 3.06 bits per heavy atom. The molecular weight excluding hydrogens is 218 g/mol. The zero-order valence-electron chi connectivity index (χ0n) is 9.85. The van der Waals surface area contributed by atoms with E-state index in [0.29, 0.717) is 6.61 Å². The Morgan fingerprint density at radius 2 is 2.35 bits per heavy atom. The van der Waals surface area contributed by atoms with Crippen molar-refractivity contribution in [2.75, 3.05) is 19.8 Å². The summed E-state index contributed by atoms with van der Waals surface area (Å²) in [6.45, 7) is 2.75. The summed E-state index contributed by atoms with van der Waals surface area (Å²) in [5.74, 6) is 0.561.